The molecular formula is C46H85S2. The maximum Gasteiger partial charge on any atom is 0.00858 e. The van der Waals surface area contributed by atoms with Gasteiger partial charge in [-0.2, -0.15) is 0 Å². The predicted octanol–water partition coefficient (Wildman–Crippen LogP) is 17.6. The van der Waals surface area contributed by atoms with Crippen molar-refractivity contribution in [3.63, 3.8) is 0 Å². The summed E-state index contributed by atoms with van der Waals surface area (Å²) in [4.78, 5) is 2.94. The van der Waals surface area contributed by atoms with Crippen molar-refractivity contribution in [2.45, 2.75) is 248 Å². The van der Waals surface area contributed by atoms with Gasteiger partial charge in [0.1, 0.15) is 0 Å². The minimum atomic E-state index is 0.903. The van der Waals surface area contributed by atoms with Gasteiger partial charge in [-0.15, -0.1) is 23.5 Å². The van der Waals surface area contributed by atoms with Crippen molar-refractivity contribution < 1.29 is 0 Å². The van der Waals surface area contributed by atoms with Crippen LogP contribution in [0.1, 0.15) is 238 Å². The highest BCUT2D eigenvalue weighted by molar-refractivity contribution is 8.00. The molecule has 0 unspecified atom stereocenters. The van der Waals surface area contributed by atoms with E-state index in [4.69, 9.17) is 0 Å². The number of hydrogen-bond acceptors (Lipinski definition) is 2. The highest BCUT2D eigenvalue weighted by Crippen LogP contribution is 2.29. The second-order valence-electron chi connectivity index (χ2n) is 15.1. The van der Waals surface area contributed by atoms with Crippen LogP contribution in [-0.2, 0) is 6.42 Å². The maximum atomic E-state index is 4.19. The Hall–Kier alpha value is -0.0800. The summed E-state index contributed by atoms with van der Waals surface area (Å²) in [6.07, 6.45) is 50.1. The van der Waals surface area contributed by atoms with Crippen LogP contribution < -0.4 is 0 Å². The fourth-order valence-corrected chi connectivity index (χ4v) is 9.11. The van der Waals surface area contributed by atoms with Crippen molar-refractivity contribution in [2.75, 3.05) is 11.5 Å². The summed E-state index contributed by atoms with van der Waals surface area (Å²) >= 11 is 4.15. The molecule has 1 rings (SSSR count). The zero-order chi connectivity index (χ0) is 34.4. The van der Waals surface area contributed by atoms with Gasteiger partial charge in [-0.3, -0.25) is 0 Å². The Labute approximate surface area is 312 Å². The average Bonchev–Trinajstić information content (AvgIpc) is 3.10. The summed E-state index contributed by atoms with van der Waals surface area (Å²) < 4.78 is 0. The van der Waals surface area contributed by atoms with Crippen LogP contribution in [0.2, 0.25) is 0 Å². The summed E-state index contributed by atoms with van der Waals surface area (Å²) in [5.41, 5.74) is 1.41. The summed E-state index contributed by atoms with van der Waals surface area (Å²) in [5.74, 6) is 2.53. The van der Waals surface area contributed by atoms with Gasteiger partial charge in [-0.25, -0.2) is 0 Å². The number of unbranched alkanes of at least 4 members (excludes halogenated alkanes) is 32. The number of hydrogen-bond donors (Lipinski definition) is 0. The molecule has 281 valence electrons. The Bertz CT molecular complexity index is 700. The molecule has 0 nitrogen and oxygen atoms in total. The monoisotopic (exact) mass is 702 g/mol. The van der Waals surface area contributed by atoms with Crippen molar-refractivity contribution in [1.29, 1.82) is 0 Å². The molecule has 0 spiro atoms. The molecule has 48 heavy (non-hydrogen) atoms. The third-order valence-corrected chi connectivity index (χ3v) is 12.4. The first kappa shape index (κ1) is 45.9. The van der Waals surface area contributed by atoms with Crippen LogP contribution in [0.15, 0.2) is 28.0 Å². The fraction of sp³-hybridized carbons (Fsp3) is 0.848. The fourth-order valence-electron chi connectivity index (χ4n) is 6.98. The first-order valence-electron chi connectivity index (χ1n) is 22.0. The van der Waals surface area contributed by atoms with E-state index in [1.165, 1.54) is 245 Å². The molecule has 0 N–H and O–H groups in total. The molecule has 0 aliphatic rings. The lowest BCUT2D eigenvalue weighted by atomic mass is 10.0. The van der Waals surface area contributed by atoms with E-state index in [1.807, 2.05) is 0 Å². The second kappa shape index (κ2) is 38.2. The van der Waals surface area contributed by atoms with Crippen LogP contribution in [0.5, 0.6) is 0 Å². The van der Waals surface area contributed by atoms with Crippen LogP contribution in [0, 0.1) is 6.92 Å². The second-order valence-corrected chi connectivity index (χ2v) is 17.4. The highest BCUT2D eigenvalue weighted by atomic mass is 32.2. The van der Waals surface area contributed by atoms with Gasteiger partial charge < -0.3 is 0 Å². The first-order valence-corrected chi connectivity index (χ1v) is 24.0. The van der Waals surface area contributed by atoms with Crippen LogP contribution >= 0.6 is 23.5 Å². The van der Waals surface area contributed by atoms with E-state index in [0.29, 0.717) is 0 Å². The zero-order valence-corrected chi connectivity index (χ0v) is 34.6. The van der Waals surface area contributed by atoms with E-state index in [9.17, 15) is 0 Å². The van der Waals surface area contributed by atoms with Gasteiger partial charge >= 0.3 is 0 Å². The van der Waals surface area contributed by atoms with Gasteiger partial charge in [-0.05, 0) is 61.5 Å². The van der Waals surface area contributed by atoms with Crippen LogP contribution in [0.4, 0.5) is 0 Å². The minimum absolute atomic E-state index is 0.903. The van der Waals surface area contributed by atoms with Crippen LogP contribution in [0.25, 0.3) is 0 Å². The number of thioether (sulfide) groups is 2. The topological polar surface area (TPSA) is 0 Å². The van der Waals surface area contributed by atoms with E-state index in [2.05, 4.69) is 62.5 Å². The smallest absolute Gasteiger partial charge is 0.00858 e. The van der Waals surface area contributed by atoms with E-state index in [0.717, 1.165) is 6.42 Å². The van der Waals surface area contributed by atoms with Gasteiger partial charge in [0.2, 0.25) is 0 Å². The SMILES string of the molecule is [CH2]Cc1cc(SCCCCCCCCCCCCCCCCCCC)cc(SCCCCCCCCCCCCCCCCCCC)c1. The molecule has 0 saturated heterocycles. The van der Waals surface area contributed by atoms with Gasteiger partial charge in [0.15, 0.2) is 0 Å². The summed E-state index contributed by atoms with van der Waals surface area (Å²) in [6.45, 7) is 8.80. The van der Waals surface area contributed by atoms with Gasteiger partial charge in [0, 0.05) is 9.79 Å². The number of rotatable bonds is 39. The van der Waals surface area contributed by atoms with Crippen molar-refractivity contribution in [3.8, 4) is 0 Å². The van der Waals surface area contributed by atoms with Crippen molar-refractivity contribution in [1.82, 2.24) is 0 Å². The maximum absolute atomic E-state index is 4.19. The molecule has 1 aromatic rings. The molecule has 0 aromatic heterocycles. The highest BCUT2D eigenvalue weighted by Gasteiger charge is 2.04. The van der Waals surface area contributed by atoms with Crippen molar-refractivity contribution in [2.24, 2.45) is 0 Å². The van der Waals surface area contributed by atoms with Gasteiger partial charge in [-0.1, -0.05) is 219 Å². The Morgan fingerprint density at radius 2 is 0.562 bits per heavy atom. The van der Waals surface area contributed by atoms with Gasteiger partial charge in [0.05, 0.1) is 0 Å². The molecule has 0 saturated carbocycles. The Morgan fingerprint density at radius 3 is 0.792 bits per heavy atom. The largest absolute Gasteiger partial charge is 0.126 e. The normalized spacial score (nSPS) is 11.6. The minimum Gasteiger partial charge on any atom is -0.126 e. The third-order valence-electron chi connectivity index (χ3n) is 10.3. The average molecular weight is 702 g/mol. The Morgan fingerprint density at radius 1 is 0.333 bits per heavy atom. The molecule has 0 amide bonds. The quantitative estimate of drug-likeness (QED) is 0.0495. The zero-order valence-electron chi connectivity index (χ0n) is 32.9. The van der Waals surface area contributed by atoms with E-state index in [-0.39, 0.29) is 0 Å². The van der Waals surface area contributed by atoms with Crippen molar-refractivity contribution in [3.05, 3.63) is 30.7 Å². The first-order chi connectivity index (χ1) is 23.8. The molecule has 1 radical (unpaired) electrons. The molecule has 0 aliphatic heterocycles. The number of benzene rings is 1. The Balaban J connectivity index is 1.93. The van der Waals surface area contributed by atoms with Crippen LogP contribution in [0.3, 0.4) is 0 Å². The molecular weight excluding hydrogens is 617 g/mol. The predicted molar refractivity (Wildman–Crippen MR) is 225 cm³/mol. The molecule has 0 aliphatic carbocycles. The van der Waals surface area contributed by atoms with Crippen molar-refractivity contribution >= 4 is 23.5 Å². The summed E-state index contributed by atoms with van der Waals surface area (Å²) in [6, 6.07) is 7.24. The molecule has 0 atom stereocenters. The molecule has 1 aromatic carbocycles. The summed E-state index contributed by atoms with van der Waals surface area (Å²) in [5, 5.41) is 0. The van der Waals surface area contributed by atoms with E-state index < -0.39 is 0 Å². The van der Waals surface area contributed by atoms with Gasteiger partial charge in [0.25, 0.3) is 0 Å². The Kier molecular flexibility index (Phi) is 36.5. The lowest BCUT2D eigenvalue weighted by molar-refractivity contribution is 0.529. The third kappa shape index (κ3) is 31.9. The molecule has 0 heterocycles. The van der Waals surface area contributed by atoms with E-state index in [1.54, 1.807) is 0 Å². The summed E-state index contributed by atoms with van der Waals surface area (Å²) in [7, 11) is 0. The molecule has 0 bridgehead atoms. The lowest BCUT2D eigenvalue weighted by Gasteiger charge is -2.09. The van der Waals surface area contributed by atoms with E-state index >= 15 is 0 Å². The molecule has 0 fully saturated rings. The lowest BCUT2D eigenvalue weighted by Crippen LogP contribution is -1.88. The standard InChI is InChI=1S/C46H85S2/c1-4-7-9-11-13-15-17-19-21-23-25-27-29-31-33-35-37-39-47-45-41-44(6-3)42-46(43-45)48-40-38-36-34-32-30-28-26-24-22-20-18-16-14-12-10-8-5-2/h41-43H,3-40H2,1-2H3. The van der Waals surface area contributed by atoms with Crippen LogP contribution in [-0.4, -0.2) is 11.5 Å². The molecule has 2 heteroatoms.